The summed E-state index contributed by atoms with van der Waals surface area (Å²) in [5.74, 6) is 1.02. The lowest BCUT2D eigenvalue weighted by Crippen LogP contribution is -1.92. The van der Waals surface area contributed by atoms with Crippen molar-refractivity contribution in [3.63, 3.8) is 0 Å². The Hall–Kier alpha value is -3.40. The van der Waals surface area contributed by atoms with Crippen molar-refractivity contribution in [2.24, 2.45) is 0 Å². The van der Waals surface area contributed by atoms with E-state index in [2.05, 4.69) is 0 Å². The van der Waals surface area contributed by atoms with Crippen molar-refractivity contribution in [3.8, 4) is 34.1 Å². The third kappa shape index (κ3) is 2.30. The molecule has 0 unspecified atom stereocenters. The second kappa shape index (κ2) is 6.15. The molecule has 4 aromatic rings. The number of hydrogen-bond acceptors (Lipinski definition) is 4. The molecular formula is C22H18O4. The highest BCUT2D eigenvalue weighted by Gasteiger charge is 2.18. The highest BCUT2D eigenvalue weighted by atomic mass is 16.5. The van der Waals surface area contributed by atoms with Crippen LogP contribution in [0.5, 0.6) is 23.0 Å². The van der Waals surface area contributed by atoms with E-state index < -0.39 is 0 Å². The smallest absolute Gasteiger partial charge is 0.165 e. The minimum absolute atomic E-state index is 0.113. The summed E-state index contributed by atoms with van der Waals surface area (Å²) in [7, 11) is 3.06. The molecule has 0 heterocycles. The van der Waals surface area contributed by atoms with E-state index in [9.17, 15) is 10.2 Å². The minimum Gasteiger partial charge on any atom is -0.504 e. The normalized spacial score (nSPS) is 11.0. The first-order valence-electron chi connectivity index (χ1n) is 8.23. The van der Waals surface area contributed by atoms with E-state index in [1.54, 1.807) is 0 Å². The van der Waals surface area contributed by atoms with Crippen molar-refractivity contribution >= 4 is 21.5 Å². The average Bonchev–Trinajstić information content (AvgIpc) is 2.69. The van der Waals surface area contributed by atoms with Crippen LogP contribution in [0, 0.1) is 0 Å². The van der Waals surface area contributed by atoms with Gasteiger partial charge in [-0.05, 0) is 34.0 Å². The zero-order valence-electron chi connectivity index (χ0n) is 14.5. The molecule has 0 saturated carbocycles. The first-order valence-corrected chi connectivity index (χ1v) is 8.23. The van der Waals surface area contributed by atoms with Crippen molar-refractivity contribution in [1.82, 2.24) is 0 Å². The molecule has 0 radical (unpaired) electrons. The van der Waals surface area contributed by atoms with Gasteiger partial charge in [-0.3, -0.25) is 0 Å². The highest BCUT2D eigenvalue weighted by molar-refractivity contribution is 6.10. The van der Waals surface area contributed by atoms with E-state index >= 15 is 0 Å². The van der Waals surface area contributed by atoms with Crippen LogP contribution in [0.15, 0.2) is 60.7 Å². The van der Waals surface area contributed by atoms with E-state index in [1.807, 2.05) is 60.7 Å². The van der Waals surface area contributed by atoms with Crippen molar-refractivity contribution in [2.75, 3.05) is 14.2 Å². The Balaban J connectivity index is 2.18. The zero-order valence-corrected chi connectivity index (χ0v) is 14.5. The zero-order chi connectivity index (χ0) is 18.3. The molecule has 26 heavy (non-hydrogen) atoms. The summed E-state index contributed by atoms with van der Waals surface area (Å²) in [4.78, 5) is 0. The van der Waals surface area contributed by atoms with Gasteiger partial charge in [0.05, 0.1) is 14.2 Å². The van der Waals surface area contributed by atoms with Crippen LogP contribution in [0.25, 0.3) is 32.7 Å². The Bertz CT molecular complexity index is 1040. The second-order valence-corrected chi connectivity index (χ2v) is 6.04. The molecule has 0 saturated heterocycles. The topological polar surface area (TPSA) is 58.9 Å². The molecular weight excluding hydrogens is 328 g/mol. The van der Waals surface area contributed by atoms with Crippen molar-refractivity contribution in [3.05, 3.63) is 60.7 Å². The molecule has 4 rings (SSSR count). The largest absolute Gasteiger partial charge is 0.504 e. The molecule has 0 fully saturated rings. The predicted molar refractivity (Wildman–Crippen MR) is 103 cm³/mol. The van der Waals surface area contributed by atoms with Gasteiger partial charge in [0.1, 0.15) is 0 Å². The molecule has 4 heteroatoms. The average molecular weight is 346 g/mol. The number of fused-ring (bicyclic) bond motifs is 2. The van der Waals surface area contributed by atoms with Gasteiger partial charge in [0, 0.05) is 10.8 Å². The van der Waals surface area contributed by atoms with Gasteiger partial charge in [0.2, 0.25) is 0 Å². The van der Waals surface area contributed by atoms with Crippen molar-refractivity contribution in [2.45, 2.75) is 0 Å². The van der Waals surface area contributed by atoms with E-state index in [1.165, 1.54) is 14.2 Å². The maximum atomic E-state index is 10.5. The fourth-order valence-corrected chi connectivity index (χ4v) is 3.43. The highest BCUT2D eigenvalue weighted by Crippen LogP contribution is 2.46. The fourth-order valence-electron chi connectivity index (χ4n) is 3.43. The Morgan fingerprint density at radius 3 is 1.27 bits per heavy atom. The van der Waals surface area contributed by atoms with E-state index in [0.717, 1.165) is 21.9 Å². The summed E-state index contributed by atoms with van der Waals surface area (Å²) < 4.78 is 10.8. The number of benzene rings is 4. The molecule has 4 aromatic carbocycles. The maximum Gasteiger partial charge on any atom is 0.165 e. The monoisotopic (exact) mass is 346 g/mol. The number of aromatic hydroxyl groups is 2. The molecule has 4 nitrogen and oxygen atoms in total. The van der Waals surface area contributed by atoms with Crippen LogP contribution in [-0.4, -0.2) is 24.4 Å². The number of ether oxygens (including phenoxy) is 2. The van der Waals surface area contributed by atoms with Gasteiger partial charge in [-0.15, -0.1) is 0 Å². The van der Waals surface area contributed by atoms with Gasteiger partial charge < -0.3 is 19.7 Å². The van der Waals surface area contributed by atoms with Gasteiger partial charge in [-0.2, -0.15) is 0 Å². The minimum atomic E-state index is 0.113. The van der Waals surface area contributed by atoms with Crippen LogP contribution in [0.4, 0.5) is 0 Å². The van der Waals surface area contributed by atoms with Crippen LogP contribution in [0.2, 0.25) is 0 Å². The van der Waals surface area contributed by atoms with E-state index in [-0.39, 0.29) is 11.5 Å². The SMILES string of the molecule is COc1cc(-c2cc(OC)c(O)c3ccccc23)c2ccccc2c1O. The van der Waals surface area contributed by atoms with Crippen LogP contribution in [0.3, 0.4) is 0 Å². The Labute approximate surface area is 150 Å². The molecule has 0 aliphatic carbocycles. The molecule has 0 aliphatic heterocycles. The summed E-state index contributed by atoms with van der Waals surface area (Å²) in [5.41, 5.74) is 1.79. The first-order chi connectivity index (χ1) is 12.7. The van der Waals surface area contributed by atoms with Gasteiger partial charge in [-0.1, -0.05) is 48.5 Å². The van der Waals surface area contributed by atoms with Gasteiger partial charge in [0.15, 0.2) is 23.0 Å². The van der Waals surface area contributed by atoms with Crippen LogP contribution in [-0.2, 0) is 0 Å². The molecule has 2 N–H and O–H groups in total. The number of phenolic OH excluding ortho intramolecular Hbond substituents is 2. The lowest BCUT2D eigenvalue weighted by Gasteiger charge is -2.16. The quantitative estimate of drug-likeness (QED) is 0.542. The summed E-state index contributed by atoms with van der Waals surface area (Å²) in [6.45, 7) is 0. The number of phenols is 2. The summed E-state index contributed by atoms with van der Waals surface area (Å²) in [6, 6.07) is 18.9. The van der Waals surface area contributed by atoms with Crippen LogP contribution < -0.4 is 9.47 Å². The van der Waals surface area contributed by atoms with Crippen molar-refractivity contribution in [1.29, 1.82) is 0 Å². The molecule has 0 aromatic heterocycles. The summed E-state index contributed by atoms with van der Waals surface area (Å²) >= 11 is 0. The lowest BCUT2D eigenvalue weighted by atomic mass is 9.92. The van der Waals surface area contributed by atoms with Gasteiger partial charge in [0.25, 0.3) is 0 Å². The third-order valence-corrected chi connectivity index (χ3v) is 4.69. The Kier molecular flexibility index (Phi) is 3.81. The molecule has 0 amide bonds. The second-order valence-electron chi connectivity index (χ2n) is 6.04. The summed E-state index contributed by atoms with van der Waals surface area (Å²) in [5, 5.41) is 24.2. The number of rotatable bonds is 3. The van der Waals surface area contributed by atoms with Crippen molar-refractivity contribution < 1.29 is 19.7 Å². The number of methoxy groups -OCH3 is 2. The molecule has 0 bridgehead atoms. The summed E-state index contributed by atoms with van der Waals surface area (Å²) in [6.07, 6.45) is 0. The standard InChI is InChI=1S/C22H18O4/c1-25-19-11-17(13-7-3-5-9-15(13)21(19)23)18-12-20(26-2)22(24)16-10-6-4-8-14(16)18/h3-12,23-24H,1-2H3. The van der Waals surface area contributed by atoms with E-state index in [0.29, 0.717) is 22.3 Å². The van der Waals surface area contributed by atoms with Crippen LogP contribution >= 0.6 is 0 Å². The van der Waals surface area contributed by atoms with Gasteiger partial charge >= 0.3 is 0 Å². The maximum absolute atomic E-state index is 10.5. The van der Waals surface area contributed by atoms with Crippen LogP contribution in [0.1, 0.15) is 0 Å². The van der Waals surface area contributed by atoms with E-state index in [4.69, 9.17) is 9.47 Å². The molecule has 130 valence electrons. The lowest BCUT2D eigenvalue weighted by molar-refractivity contribution is 0.376. The number of hydrogen-bond donors (Lipinski definition) is 2. The Morgan fingerprint density at radius 2 is 0.923 bits per heavy atom. The Morgan fingerprint density at radius 1 is 0.577 bits per heavy atom. The molecule has 0 aliphatic rings. The molecule has 0 atom stereocenters. The third-order valence-electron chi connectivity index (χ3n) is 4.69. The fraction of sp³-hybridized carbons (Fsp3) is 0.0909. The molecule has 0 spiro atoms. The predicted octanol–water partition coefficient (Wildman–Crippen LogP) is 5.09. The first kappa shape index (κ1) is 16.1. The van der Waals surface area contributed by atoms with Gasteiger partial charge in [-0.25, -0.2) is 0 Å².